The van der Waals surface area contributed by atoms with E-state index in [2.05, 4.69) is 39.7 Å². The van der Waals surface area contributed by atoms with Gasteiger partial charge in [0.05, 0.1) is 25.3 Å². The Kier molecular flexibility index (Phi) is 17.7. The molecule has 1 saturated heterocycles. The Labute approximate surface area is 323 Å². The number of aromatic nitrogens is 4. The van der Waals surface area contributed by atoms with Gasteiger partial charge in [-0.3, -0.25) is 32.5 Å². The molecule has 3 heterocycles. The van der Waals surface area contributed by atoms with E-state index in [1.807, 2.05) is 0 Å². The molecule has 3 amide bonds. The minimum absolute atomic E-state index is 0.0293. The molecule has 13 N–H and O–H groups in total. The number of nitrogens with one attached hydrogen (secondary N) is 3. The molecule has 0 radical (unpaired) electrons. The lowest BCUT2D eigenvalue weighted by Crippen LogP contribution is -2.46. The maximum Gasteiger partial charge on any atom is 0.481 e. The highest BCUT2D eigenvalue weighted by Crippen LogP contribution is 2.61. The summed E-state index contributed by atoms with van der Waals surface area (Å²) in [5.41, 5.74) is 9.62. The second kappa shape index (κ2) is 20.8. The van der Waals surface area contributed by atoms with Crippen LogP contribution in [0.2, 0.25) is 0 Å². The third-order valence-electron chi connectivity index (χ3n) is 7.58. The molecule has 0 aliphatic carbocycles. The van der Waals surface area contributed by atoms with Crippen molar-refractivity contribution in [2.75, 3.05) is 56.6 Å². The summed E-state index contributed by atoms with van der Waals surface area (Å²) in [6, 6.07) is 0. The molecule has 2 aromatic rings. The van der Waals surface area contributed by atoms with Crippen molar-refractivity contribution < 1.29 is 80.5 Å². The third kappa shape index (κ3) is 14.9. The fourth-order valence-electron chi connectivity index (χ4n) is 4.75. The van der Waals surface area contributed by atoms with Crippen molar-refractivity contribution in [3.63, 3.8) is 0 Å². The predicted octanol–water partition coefficient (Wildman–Crippen LogP) is -2.40. The molecule has 26 nitrogen and oxygen atoms in total. The van der Waals surface area contributed by atoms with Crippen LogP contribution in [-0.4, -0.2) is 142 Å². The van der Waals surface area contributed by atoms with Crippen LogP contribution in [0.1, 0.15) is 32.9 Å². The minimum atomic E-state index is -5.57. The molecule has 30 heteroatoms. The van der Waals surface area contributed by atoms with Gasteiger partial charge in [0.1, 0.15) is 36.3 Å². The van der Waals surface area contributed by atoms with Crippen molar-refractivity contribution in [1.29, 1.82) is 0 Å². The molecule has 1 aliphatic rings. The summed E-state index contributed by atoms with van der Waals surface area (Å²) in [5, 5.41) is 29.1. The van der Waals surface area contributed by atoms with Crippen LogP contribution < -0.4 is 27.4 Å². The lowest BCUT2D eigenvalue weighted by atomic mass is 9.87. The van der Waals surface area contributed by atoms with E-state index in [1.54, 1.807) is 0 Å². The molecule has 1 aliphatic heterocycles. The summed E-state index contributed by atoms with van der Waals surface area (Å²) in [6.07, 6.45) is -6.24. The summed E-state index contributed by atoms with van der Waals surface area (Å²) in [7, 11) is -16.4. The fourth-order valence-corrected chi connectivity index (χ4v) is 8.26. The van der Waals surface area contributed by atoms with E-state index in [1.165, 1.54) is 25.6 Å². The van der Waals surface area contributed by atoms with E-state index in [0.29, 0.717) is 25.3 Å². The zero-order chi connectivity index (χ0) is 41.9. The predicted molar refractivity (Wildman–Crippen MR) is 194 cm³/mol. The number of hydrogen-bond acceptors (Lipinski definition) is 19. The number of anilines is 1. The molecule has 7 atom stereocenters. The number of aliphatic hydroxyl groups excluding tert-OH is 2. The third-order valence-corrected chi connectivity index (χ3v) is 11.6. The van der Waals surface area contributed by atoms with E-state index in [0.717, 1.165) is 17.2 Å². The van der Waals surface area contributed by atoms with E-state index < -0.39 is 84.6 Å². The Morgan fingerprint density at radius 2 is 1.70 bits per heavy atom. The Morgan fingerprint density at radius 1 is 1.02 bits per heavy atom. The number of phosphoric acid groups is 3. The van der Waals surface area contributed by atoms with Gasteiger partial charge in [0, 0.05) is 37.2 Å². The molecule has 0 spiro atoms. The quantitative estimate of drug-likeness (QED) is 0.0387. The highest BCUT2D eigenvalue weighted by Gasteiger charge is 2.50. The Bertz CT molecular complexity index is 1800. The van der Waals surface area contributed by atoms with Crippen LogP contribution >= 0.6 is 35.2 Å². The number of aliphatic hydroxyl groups is 2. The number of nitrogens with zero attached hydrogens (tertiary/aromatic N) is 4. The smallest absolute Gasteiger partial charge is 0.386 e. The van der Waals surface area contributed by atoms with E-state index in [-0.39, 0.29) is 48.2 Å². The number of nitrogen functional groups attached to an aromatic ring is 1. The second-order valence-electron chi connectivity index (χ2n) is 12.6. The number of nitrogens with two attached hydrogens (primary N) is 2. The van der Waals surface area contributed by atoms with E-state index in [4.69, 9.17) is 25.3 Å². The van der Waals surface area contributed by atoms with E-state index >= 15 is 0 Å². The molecular weight excluding hydrogens is 835 g/mol. The Hall–Kier alpha value is -2.68. The molecule has 0 aromatic carbocycles. The maximum atomic E-state index is 12.7. The molecule has 2 unspecified atom stereocenters. The van der Waals surface area contributed by atoms with Crippen LogP contribution in [-0.2, 0) is 50.7 Å². The van der Waals surface area contributed by atoms with Crippen molar-refractivity contribution in [2.24, 2.45) is 11.1 Å². The first-order valence-corrected chi connectivity index (χ1v) is 22.2. The minimum Gasteiger partial charge on any atom is -0.386 e. The maximum absolute atomic E-state index is 12.7. The van der Waals surface area contributed by atoms with Crippen molar-refractivity contribution in [1.82, 2.24) is 35.5 Å². The van der Waals surface area contributed by atoms with Gasteiger partial charge in [-0.05, 0) is 13.0 Å². The SMILES string of the molecule is CC(C)(COP(=O)(O)OP(=O)(O)OC[C@H]1O[C@@H](n2cnc3c(N)ncnc32)[C@H](O)[C@@H]1OP(=O)(O)O)[C@@H](O)C(=O)NCCC(=O)NCCSCC(=O)NCCCN. The summed E-state index contributed by atoms with van der Waals surface area (Å²) < 4.78 is 62.1. The highest BCUT2D eigenvalue weighted by atomic mass is 32.2. The largest absolute Gasteiger partial charge is 0.481 e. The molecule has 1 fully saturated rings. The Morgan fingerprint density at radius 3 is 2.38 bits per heavy atom. The number of imidazole rings is 1. The Balaban J connectivity index is 1.47. The average Bonchev–Trinajstić information content (AvgIpc) is 3.66. The summed E-state index contributed by atoms with van der Waals surface area (Å²) in [4.78, 5) is 87.2. The fraction of sp³-hybridized carbons (Fsp3) is 0.692. The van der Waals surface area contributed by atoms with Crippen molar-refractivity contribution in [3.05, 3.63) is 12.7 Å². The summed E-state index contributed by atoms with van der Waals surface area (Å²) in [6.45, 7) is 1.50. The van der Waals surface area contributed by atoms with E-state index in [9.17, 15) is 57.9 Å². The monoisotopic (exact) mass is 881 g/mol. The van der Waals surface area contributed by atoms with Crippen molar-refractivity contribution in [2.45, 2.75) is 57.3 Å². The molecule has 3 rings (SSSR count). The van der Waals surface area contributed by atoms with Gasteiger partial charge in [-0.2, -0.15) is 16.1 Å². The first kappa shape index (κ1) is 47.7. The number of phosphoric ester groups is 3. The number of hydrogen-bond donors (Lipinski definition) is 11. The van der Waals surface area contributed by atoms with Gasteiger partial charge in [0.15, 0.2) is 17.7 Å². The number of ether oxygens (including phenoxy) is 1. The van der Waals surface area contributed by atoms with Gasteiger partial charge in [-0.1, -0.05) is 13.8 Å². The van der Waals surface area contributed by atoms with Crippen LogP contribution in [0.15, 0.2) is 12.7 Å². The first-order chi connectivity index (χ1) is 26.1. The van der Waals surface area contributed by atoms with Crippen LogP contribution in [0, 0.1) is 5.41 Å². The number of carbonyl (C=O) groups is 3. The van der Waals surface area contributed by atoms with Gasteiger partial charge in [-0.25, -0.2) is 28.6 Å². The number of carbonyl (C=O) groups excluding carboxylic acids is 3. The van der Waals surface area contributed by atoms with Gasteiger partial charge in [0.25, 0.3) is 0 Å². The molecule has 318 valence electrons. The lowest BCUT2D eigenvalue weighted by molar-refractivity contribution is -0.137. The number of fused-ring (bicyclic) bond motifs is 1. The van der Waals surface area contributed by atoms with Gasteiger partial charge < -0.3 is 61.9 Å². The summed E-state index contributed by atoms with van der Waals surface area (Å²) >= 11 is 1.31. The zero-order valence-corrected chi connectivity index (χ0v) is 33.5. The summed E-state index contributed by atoms with van der Waals surface area (Å²) in [5.74, 6) is -0.924. The van der Waals surface area contributed by atoms with Crippen LogP contribution in [0.25, 0.3) is 11.2 Å². The van der Waals surface area contributed by atoms with Gasteiger partial charge in [-0.15, -0.1) is 0 Å². The van der Waals surface area contributed by atoms with Crippen molar-refractivity contribution in [3.8, 4) is 0 Å². The van der Waals surface area contributed by atoms with Crippen molar-refractivity contribution >= 4 is 69.9 Å². The number of amides is 3. The number of thioether (sulfide) groups is 1. The number of rotatable bonds is 24. The normalized spacial score (nSPS) is 21.6. The molecular formula is C26H46N9O17P3S. The average molecular weight is 882 g/mol. The highest BCUT2D eigenvalue weighted by molar-refractivity contribution is 7.99. The zero-order valence-electron chi connectivity index (χ0n) is 30.0. The topological polar surface area (TPSA) is 402 Å². The second-order valence-corrected chi connectivity index (χ2v) is 18.0. The molecule has 0 bridgehead atoms. The lowest BCUT2D eigenvalue weighted by Gasteiger charge is -2.30. The molecule has 56 heavy (non-hydrogen) atoms. The molecule has 0 saturated carbocycles. The van der Waals surface area contributed by atoms with Gasteiger partial charge in [0.2, 0.25) is 17.7 Å². The first-order valence-electron chi connectivity index (χ1n) is 16.5. The van der Waals surface area contributed by atoms with Crippen LogP contribution in [0.3, 0.4) is 0 Å². The standard InChI is InChI=1S/C26H46N9O17P3S/c1-26(2,21(39)24(40)31-7-4-16(36)30-8-9-56-11-17(37)29-6-3-5-27)12-49-55(46,47)52-54(44,45)48-10-15-20(51-53(41,42)43)19(38)25(50-15)35-14-34-18-22(28)32-13-33-23(18)35/h13-15,19-21,25,38-39H,3-12,27H2,1-2H3,(H,29,37)(H,30,36)(H,31,40)(H,44,45)(H,46,47)(H2,28,32,33)(H2,41,42,43)/t15-,19-,20-,21+,25-/m1/s1. The van der Waals surface area contributed by atoms with Gasteiger partial charge >= 0.3 is 23.5 Å². The van der Waals surface area contributed by atoms with Crippen LogP contribution in [0.4, 0.5) is 5.82 Å². The van der Waals surface area contributed by atoms with Crippen LogP contribution in [0.5, 0.6) is 0 Å². The molecule has 2 aromatic heterocycles.